The standard InChI is InChI=1S/C17H28N6O/c1-5-6-8-19-17(24)20-9-7-10-23-13(4)22-14-15(23)11(2)12(3)21-16(14)18/h5-10H2,1-4H3,(H2,18,21)(H2,19,20,24). The van der Waals surface area contributed by atoms with Crippen LogP contribution in [0.25, 0.3) is 11.0 Å². The molecule has 0 saturated carbocycles. The van der Waals surface area contributed by atoms with Crippen LogP contribution >= 0.6 is 0 Å². The molecule has 2 amide bonds. The highest BCUT2D eigenvalue weighted by Crippen LogP contribution is 2.25. The van der Waals surface area contributed by atoms with Gasteiger partial charge in [0.05, 0.1) is 5.52 Å². The van der Waals surface area contributed by atoms with E-state index in [1.807, 2.05) is 20.8 Å². The highest BCUT2D eigenvalue weighted by Gasteiger charge is 2.15. The smallest absolute Gasteiger partial charge is 0.314 e. The lowest BCUT2D eigenvalue weighted by atomic mass is 10.2. The average Bonchev–Trinajstić information content (AvgIpc) is 2.87. The number of rotatable bonds is 7. The molecule has 2 aromatic rings. The van der Waals surface area contributed by atoms with Crippen molar-refractivity contribution in [2.24, 2.45) is 0 Å². The number of unbranched alkanes of at least 4 members (excludes halogenated alkanes) is 1. The van der Waals surface area contributed by atoms with Gasteiger partial charge in [0, 0.05) is 25.3 Å². The van der Waals surface area contributed by atoms with E-state index in [1.165, 1.54) is 0 Å². The second kappa shape index (κ2) is 7.99. The fourth-order valence-corrected chi connectivity index (χ4v) is 2.77. The molecule has 0 radical (unpaired) electrons. The third kappa shape index (κ3) is 3.96. The molecule has 2 rings (SSSR count). The normalized spacial score (nSPS) is 11.0. The van der Waals surface area contributed by atoms with Crippen LogP contribution in [0.2, 0.25) is 0 Å². The molecule has 7 nitrogen and oxygen atoms in total. The summed E-state index contributed by atoms with van der Waals surface area (Å²) in [6, 6.07) is -0.101. The number of imidazole rings is 1. The van der Waals surface area contributed by atoms with E-state index in [4.69, 9.17) is 5.73 Å². The number of anilines is 1. The van der Waals surface area contributed by atoms with Crippen LogP contribution in [0.5, 0.6) is 0 Å². The number of fused-ring (bicyclic) bond motifs is 1. The first-order chi connectivity index (χ1) is 11.5. The summed E-state index contributed by atoms with van der Waals surface area (Å²) in [5.41, 5.74) is 9.85. The fraction of sp³-hybridized carbons (Fsp3) is 0.588. The van der Waals surface area contributed by atoms with Crippen LogP contribution in [0, 0.1) is 20.8 Å². The summed E-state index contributed by atoms with van der Waals surface area (Å²) in [5, 5.41) is 5.74. The average molecular weight is 332 g/mol. The van der Waals surface area contributed by atoms with Gasteiger partial charge in [-0.15, -0.1) is 0 Å². The summed E-state index contributed by atoms with van der Waals surface area (Å²) in [5.74, 6) is 1.39. The van der Waals surface area contributed by atoms with Gasteiger partial charge in [-0.1, -0.05) is 13.3 Å². The number of nitrogen functional groups attached to an aromatic ring is 1. The van der Waals surface area contributed by atoms with Crippen molar-refractivity contribution in [1.29, 1.82) is 0 Å². The van der Waals surface area contributed by atoms with Gasteiger partial charge < -0.3 is 20.9 Å². The van der Waals surface area contributed by atoms with Crippen molar-refractivity contribution < 1.29 is 4.79 Å². The molecular formula is C17H28N6O. The van der Waals surface area contributed by atoms with Crippen LogP contribution in [-0.4, -0.2) is 33.7 Å². The molecule has 0 bridgehead atoms. The zero-order valence-corrected chi connectivity index (χ0v) is 15.1. The Bertz CT molecular complexity index is 722. The predicted octanol–water partition coefficient (Wildman–Crippen LogP) is 2.43. The molecule has 7 heteroatoms. The first kappa shape index (κ1) is 18.0. The Morgan fingerprint density at radius 1 is 1.12 bits per heavy atom. The molecule has 0 aliphatic heterocycles. The van der Waals surface area contributed by atoms with Crippen LogP contribution in [0.1, 0.15) is 43.3 Å². The number of hydrogen-bond acceptors (Lipinski definition) is 4. The quantitative estimate of drug-likeness (QED) is 0.678. The maximum absolute atomic E-state index is 11.6. The Balaban J connectivity index is 1.98. The Morgan fingerprint density at radius 3 is 2.46 bits per heavy atom. The third-order valence-corrected chi connectivity index (χ3v) is 4.25. The SMILES string of the molecule is CCCCNC(=O)NCCCn1c(C)nc2c(N)nc(C)c(C)c21. The summed E-state index contributed by atoms with van der Waals surface area (Å²) in [7, 11) is 0. The summed E-state index contributed by atoms with van der Waals surface area (Å²) in [6.07, 6.45) is 2.90. The van der Waals surface area contributed by atoms with Gasteiger partial charge in [-0.3, -0.25) is 0 Å². The number of nitrogens with one attached hydrogen (secondary N) is 2. The Labute approximate surface area is 143 Å². The largest absolute Gasteiger partial charge is 0.382 e. The van der Waals surface area contributed by atoms with E-state index in [1.54, 1.807) is 0 Å². The van der Waals surface area contributed by atoms with Crippen molar-refractivity contribution in [2.75, 3.05) is 18.8 Å². The van der Waals surface area contributed by atoms with Gasteiger partial charge >= 0.3 is 6.03 Å². The van der Waals surface area contributed by atoms with E-state index < -0.39 is 0 Å². The maximum atomic E-state index is 11.6. The predicted molar refractivity (Wildman–Crippen MR) is 97.1 cm³/mol. The summed E-state index contributed by atoms with van der Waals surface area (Å²) >= 11 is 0. The minimum absolute atomic E-state index is 0.101. The molecule has 0 fully saturated rings. The number of carbonyl (C=O) groups is 1. The second-order valence-electron chi connectivity index (χ2n) is 6.11. The molecule has 2 heterocycles. The van der Waals surface area contributed by atoms with Crippen LogP contribution in [0.3, 0.4) is 0 Å². The lowest BCUT2D eigenvalue weighted by Crippen LogP contribution is -2.36. The van der Waals surface area contributed by atoms with Gasteiger partial charge in [0.1, 0.15) is 11.3 Å². The fourth-order valence-electron chi connectivity index (χ4n) is 2.77. The topological polar surface area (TPSA) is 97.9 Å². The Kier molecular flexibility index (Phi) is 6.00. The highest BCUT2D eigenvalue weighted by atomic mass is 16.2. The van der Waals surface area contributed by atoms with Crippen LogP contribution in [0.4, 0.5) is 10.6 Å². The monoisotopic (exact) mass is 332 g/mol. The van der Waals surface area contributed by atoms with Crippen LogP contribution in [0.15, 0.2) is 0 Å². The van der Waals surface area contributed by atoms with E-state index in [-0.39, 0.29) is 6.03 Å². The number of aromatic nitrogens is 3. The number of nitrogens with zero attached hydrogens (tertiary/aromatic N) is 3. The number of nitrogens with two attached hydrogens (primary N) is 1. The van der Waals surface area contributed by atoms with Crippen LogP contribution in [-0.2, 0) is 6.54 Å². The maximum Gasteiger partial charge on any atom is 0.314 e. The molecule has 0 spiro atoms. The first-order valence-corrected chi connectivity index (χ1v) is 8.56. The molecule has 2 aromatic heterocycles. The van der Waals surface area contributed by atoms with Crippen molar-refractivity contribution in [2.45, 2.75) is 53.5 Å². The number of amides is 2. The molecule has 0 aliphatic carbocycles. The third-order valence-electron chi connectivity index (χ3n) is 4.25. The molecular weight excluding hydrogens is 304 g/mol. The summed E-state index contributed by atoms with van der Waals surface area (Å²) < 4.78 is 2.16. The number of carbonyl (C=O) groups excluding carboxylic acids is 1. The summed E-state index contributed by atoms with van der Waals surface area (Å²) in [4.78, 5) is 20.5. The second-order valence-corrected chi connectivity index (χ2v) is 6.11. The van der Waals surface area contributed by atoms with Gasteiger partial charge in [0.25, 0.3) is 0 Å². The molecule has 24 heavy (non-hydrogen) atoms. The molecule has 0 aromatic carbocycles. The minimum atomic E-state index is -0.101. The van der Waals surface area contributed by atoms with Gasteiger partial charge in [-0.25, -0.2) is 14.8 Å². The van der Waals surface area contributed by atoms with Crippen molar-refractivity contribution in [3.8, 4) is 0 Å². The zero-order valence-electron chi connectivity index (χ0n) is 15.1. The number of pyridine rings is 1. The number of urea groups is 1. The lowest BCUT2D eigenvalue weighted by Gasteiger charge is -2.11. The minimum Gasteiger partial charge on any atom is -0.382 e. The number of hydrogen-bond donors (Lipinski definition) is 3. The lowest BCUT2D eigenvalue weighted by molar-refractivity contribution is 0.240. The van der Waals surface area contributed by atoms with Crippen molar-refractivity contribution in [1.82, 2.24) is 25.2 Å². The van der Waals surface area contributed by atoms with Gasteiger partial charge in [-0.05, 0) is 39.2 Å². The van der Waals surface area contributed by atoms with Crippen molar-refractivity contribution >= 4 is 22.9 Å². The highest BCUT2D eigenvalue weighted by molar-refractivity contribution is 5.88. The zero-order chi connectivity index (χ0) is 17.7. The van der Waals surface area contributed by atoms with E-state index in [9.17, 15) is 4.79 Å². The van der Waals surface area contributed by atoms with E-state index in [0.717, 1.165) is 60.5 Å². The van der Waals surface area contributed by atoms with Gasteiger partial charge in [0.2, 0.25) is 0 Å². The van der Waals surface area contributed by atoms with E-state index >= 15 is 0 Å². The molecule has 0 saturated heterocycles. The molecule has 0 unspecified atom stereocenters. The van der Waals surface area contributed by atoms with E-state index in [2.05, 4.69) is 32.1 Å². The molecule has 132 valence electrons. The van der Waals surface area contributed by atoms with Crippen molar-refractivity contribution in [3.05, 3.63) is 17.1 Å². The van der Waals surface area contributed by atoms with E-state index in [0.29, 0.717) is 12.4 Å². The Morgan fingerprint density at radius 2 is 1.79 bits per heavy atom. The first-order valence-electron chi connectivity index (χ1n) is 8.56. The summed E-state index contributed by atoms with van der Waals surface area (Å²) in [6.45, 7) is 10.2. The molecule has 4 N–H and O–H groups in total. The number of aryl methyl sites for hydroxylation is 4. The molecule has 0 aliphatic rings. The Hall–Kier alpha value is -2.31. The van der Waals surface area contributed by atoms with Gasteiger partial charge in [-0.2, -0.15) is 0 Å². The van der Waals surface area contributed by atoms with Gasteiger partial charge in [0.15, 0.2) is 5.82 Å². The van der Waals surface area contributed by atoms with Crippen LogP contribution < -0.4 is 16.4 Å². The van der Waals surface area contributed by atoms with Crippen molar-refractivity contribution in [3.63, 3.8) is 0 Å². The molecule has 0 atom stereocenters.